The number of amides is 1. The maximum Gasteiger partial charge on any atom is 0.412 e. The van der Waals surface area contributed by atoms with Crippen molar-refractivity contribution in [1.82, 2.24) is 0 Å². The Kier molecular flexibility index (Phi) is 3.28. The number of hydrogen-bond donors (Lipinski definition) is 1. The summed E-state index contributed by atoms with van der Waals surface area (Å²) in [6.45, 7) is 3.64. The second kappa shape index (κ2) is 5.02. The number of methoxy groups -OCH3 is 1. The van der Waals surface area contributed by atoms with E-state index in [0.29, 0.717) is 5.69 Å². The number of ether oxygens (including phenoxy) is 2. The number of anilines is 1. The Morgan fingerprint density at radius 1 is 1.14 bits per heavy atom. The first-order valence-corrected chi connectivity index (χ1v) is 6.89. The largest absolute Gasteiger partial charge is 0.494 e. The molecule has 0 fully saturated rings. The first kappa shape index (κ1) is 14.4. The molecule has 1 amide bonds. The van der Waals surface area contributed by atoms with Crippen molar-refractivity contribution in [1.29, 1.82) is 0 Å². The molecular weight excluding hydrogens is 285 g/mol. The summed E-state index contributed by atoms with van der Waals surface area (Å²) in [6, 6.07) is 10.3. The highest BCUT2D eigenvalue weighted by molar-refractivity contribution is 5.89. The van der Waals surface area contributed by atoms with Gasteiger partial charge in [0.25, 0.3) is 0 Å². The lowest BCUT2D eigenvalue weighted by molar-refractivity contribution is 0.0421. The van der Waals surface area contributed by atoms with E-state index in [1.54, 1.807) is 18.2 Å². The molecule has 1 heterocycles. The van der Waals surface area contributed by atoms with Crippen LogP contribution in [0.1, 0.15) is 19.4 Å². The van der Waals surface area contributed by atoms with E-state index in [1.807, 2.05) is 26.0 Å². The van der Waals surface area contributed by atoms with Crippen molar-refractivity contribution >= 4 is 11.8 Å². The van der Waals surface area contributed by atoms with E-state index in [1.165, 1.54) is 13.2 Å². The standard InChI is InChI=1S/C17H16FNO3/c1-17(2)12-8-10(4-6-14(12)19-16(20)22-17)11-5-7-15(21-3)13(18)9-11/h4-9H,1-3H3,(H,19,20). The molecule has 0 bridgehead atoms. The minimum Gasteiger partial charge on any atom is -0.494 e. The van der Waals surface area contributed by atoms with Crippen LogP contribution in [-0.4, -0.2) is 13.2 Å². The van der Waals surface area contributed by atoms with E-state index in [9.17, 15) is 9.18 Å². The second-order valence-corrected chi connectivity index (χ2v) is 5.63. The number of halogens is 1. The van der Waals surface area contributed by atoms with Crippen LogP contribution in [-0.2, 0) is 10.3 Å². The van der Waals surface area contributed by atoms with Crippen molar-refractivity contribution in [3.05, 3.63) is 47.8 Å². The number of nitrogens with one attached hydrogen (secondary N) is 1. The molecule has 22 heavy (non-hydrogen) atoms. The molecular formula is C17H16FNO3. The average Bonchev–Trinajstić information content (AvgIpc) is 2.46. The molecule has 0 aromatic heterocycles. The Morgan fingerprint density at radius 3 is 2.50 bits per heavy atom. The lowest BCUT2D eigenvalue weighted by Gasteiger charge is -2.32. The number of rotatable bonds is 2. The molecule has 2 aromatic rings. The number of carbonyl (C=O) groups is 1. The molecule has 0 saturated carbocycles. The second-order valence-electron chi connectivity index (χ2n) is 5.63. The quantitative estimate of drug-likeness (QED) is 0.899. The summed E-state index contributed by atoms with van der Waals surface area (Å²) in [5.74, 6) is -0.209. The molecule has 1 aliphatic heterocycles. The average molecular weight is 301 g/mol. The van der Waals surface area contributed by atoms with Crippen LogP contribution in [0.5, 0.6) is 5.75 Å². The summed E-state index contributed by atoms with van der Waals surface area (Å²) in [7, 11) is 1.43. The fraction of sp³-hybridized carbons (Fsp3) is 0.235. The Balaban J connectivity index is 2.07. The van der Waals surface area contributed by atoms with Crippen molar-refractivity contribution in [2.24, 2.45) is 0 Å². The van der Waals surface area contributed by atoms with Gasteiger partial charge in [-0.2, -0.15) is 0 Å². The first-order valence-electron chi connectivity index (χ1n) is 6.89. The highest BCUT2D eigenvalue weighted by Crippen LogP contribution is 2.38. The molecule has 0 spiro atoms. The van der Waals surface area contributed by atoms with Gasteiger partial charge in [-0.1, -0.05) is 12.1 Å². The topological polar surface area (TPSA) is 47.6 Å². The van der Waals surface area contributed by atoms with Crippen LogP contribution in [0.4, 0.5) is 14.9 Å². The van der Waals surface area contributed by atoms with Crippen LogP contribution < -0.4 is 10.1 Å². The van der Waals surface area contributed by atoms with Crippen LogP contribution in [0, 0.1) is 5.82 Å². The van der Waals surface area contributed by atoms with Crippen LogP contribution in [0.15, 0.2) is 36.4 Å². The minimum atomic E-state index is -0.737. The highest BCUT2D eigenvalue weighted by Gasteiger charge is 2.33. The zero-order valence-corrected chi connectivity index (χ0v) is 12.6. The summed E-state index contributed by atoms with van der Waals surface area (Å²) in [5, 5.41) is 2.67. The third-order valence-corrected chi connectivity index (χ3v) is 3.74. The molecule has 1 aliphatic rings. The highest BCUT2D eigenvalue weighted by atomic mass is 19.1. The van der Waals surface area contributed by atoms with E-state index in [4.69, 9.17) is 9.47 Å². The smallest absolute Gasteiger partial charge is 0.412 e. The van der Waals surface area contributed by atoms with Gasteiger partial charge in [0.2, 0.25) is 0 Å². The number of hydrogen-bond acceptors (Lipinski definition) is 3. The molecule has 3 rings (SSSR count). The summed E-state index contributed by atoms with van der Waals surface area (Å²) in [6.07, 6.45) is -0.472. The van der Waals surface area contributed by atoms with Gasteiger partial charge >= 0.3 is 6.09 Å². The van der Waals surface area contributed by atoms with Crippen molar-refractivity contribution in [2.45, 2.75) is 19.4 Å². The van der Waals surface area contributed by atoms with E-state index in [-0.39, 0.29) is 5.75 Å². The Morgan fingerprint density at radius 2 is 1.82 bits per heavy atom. The van der Waals surface area contributed by atoms with Crippen molar-refractivity contribution in [2.75, 3.05) is 12.4 Å². The fourth-order valence-electron chi connectivity index (χ4n) is 2.60. The maximum atomic E-state index is 13.9. The summed E-state index contributed by atoms with van der Waals surface area (Å²) in [4.78, 5) is 11.5. The molecule has 0 atom stereocenters. The van der Waals surface area contributed by atoms with Crippen LogP contribution in [0.25, 0.3) is 11.1 Å². The molecule has 1 N–H and O–H groups in total. The van der Waals surface area contributed by atoms with Gasteiger partial charge < -0.3 is 9.47 Å². The monoisotopic (exact) mass is 301 g/mol. The zero-order valence-electron chi connectivity index (χ0n) is 12.6. The third kappa shape index (κ3) is 2.39. The van der Waals surface area contributed by atoms with Gasteiger partial charge in [0.05, 0.1) is 12.8 Å². The Labute approximate surface area is 127 Å². The number of benzene rings is 2. The van der Waals surface area contributed by atoms with Crippen molar-refractivity contribution < 1.29 is 18.7 Å². The fourth-order valence-corrected chi connectivity index (χ4v) is 2.60. The molecule has 0 unspecified atom stereocenters. The minimum absolute atomic E-state index is 0.206. The van der Waals surface area contributed by atoms with E-state index >= 15 is 0 Å². The van der Waals surface area contributed by atoms with Crippen LogP contribution >= 0.6 is 0 Å². The lowest BCUT2D eigenvalue weighted by atomic mass is 9.91. The zero-order chi connectivity index (χ0) is 15.9. The first-order chi connectivity index (χ1) is 10.4. The van der Waals surface area contributed by atoms with Crippen molar-refractivity contribution in [3.8, 4) is 16.9 Å². The molecule has 0 aliphatic carbocycles. The molecule has 4 nitrogen and oxygen atoms in total. The maximum absolute atomic E-state index is 13.9. The van der Waals surface area contributed by atoms with Gasteiger partial charge in [0.15, 0.2) is 11.6 Å². The van der Waals surface area contributed by atoms with E-state index in [0.717, 1.165) is 16.7 Å². The number of carbonyl (C=O) groups excluding carboxylic acids is 1. The SMILES string of the molecule is COc1ccc(-c2ccc3c(c2)C(C)(C)OC(=O)N3)cc1F. The number of fused-ring (bicyclic) bond motifs is 1. The van der Waals surface area contributed by atoms with Gasteiger partial charge in [-0.05, 0) is 49.2 Å². The summed E-state index contributed by atoms with van der Waals surface area (Å²) >= 11 is 0. The molecule has 5 heteroatoms. The van der Waals surface area contributed by atoms with Gasteiger partial charge in [-0.15, -0.1) is 0 Å². The third-order valence-electron chi connectivity index (χ3n) is 3.74. The predicted octanol–water partition coefficient (Wildman–Crippen LogP) is 4.30. The molecule has 114 valence electrons. The van der Waals surface area contributed by atoms with Gasteiger partial charge in [0, 0.05) is 5.56 Å². The normalized spacial score (nSPS) is 15.5. The van der Waals surface area contributed by atoms with Gasteiger partial charge in [-0.25, -0.2) is 9.18 Å². The Bertz CT molecular complexity index is 756. The lowest BCUT2D eigenvalue weighted by Crippen LogP contribution is -2.34. The molecule has 2 aromatic carbocycles. The predicted molar refractivity (Wildman–Crippen MR) is 81.5 cm³/mol. The van der Waals surface area contributed by atoms with Crippen molar-refractivity contribution in [3.63, 3.8) is 0 Å². The van der Waals surface area contributed by atoms with E-state index in [2.05, 4.69) is 5.32 Å². The summed E-state index contributed by atoms with van der Waals surface area (Å²) in [5.41, 5.74) is 2.39. The van der Waals surface area contributed by atoms with E-state index < -0.39 is 17.5 Å². The Hall–Kier alpha value is -2.56. The summed E-state index contributed by atoms with van der Waals surface area (Å²) < 4.78 is 24.1. The van der Waals surface area contributed by atoms with Gasteiger partial charge in [0.1, 0.15) is 5.60 Å². The van der Waals surface area contributed by atoms with Crippen LogP contribution in [0.2, 0.25) is 0 Å². The molecule has 0 saturated heterocycles. The molecule has 0 radical (unpaired) electrons. The number of cyclic esters (lactones) is 1. The van der Waals surface area contributed by atoms with Gasteiger partial charge in [-0.3, -0.25) is 5.32 Å². The van der Waals surface area contributed by atoms with Crippen LogP contribution in [0.3, 0.4) is 0 Å².